The molecule has 3 rings (SSSR count). The van der Waals surface area contributed by atoms with Crippen LogP contribution in [0.1, 0.15) is 16.7 Å². The molecular formula is C20H14F6N6O3. The Bertz CT molecular complexity index is 1220. The summed E-state index contributed by atoms with van der Waals surface area (Å²) in [5.74, 6) is -0.555. The minimum atomic E-state index is -5.08. The third-order valence-corrected chi connectivity index (χ3v) is 4.35. The van der Waals surface area contributed by atoms with Gasteiger partial charge in [-0.1, -0.05) is 6.07 Å². The summed E-state index contributed by atoms with van der Waals surface area (Å²) in [5.41, 5.74) is -3.18. The number of aromatic amines is 1. The maximum atomic E-state index is 13.1. The quantitative estimate of drug-likeness (QED) is 0.265. The van der Waals surface area contributed by atoms with Gasteiger partial charge in [0.2, 0.25) is 0 Å². The van der Waals surface area contributed by atoms with Gasteiger partial charge in [0.15, 0.2) is 5.82 Å². The molecule has 35 heavy (non-hydrogen) atoms. The van der Waals surface area contributed by atoms with Crippen LogP contribution in [0.15, 0.2) is 42.5 Å². The van der Waals surface area contributed by atoms with E-state index in [9.17, 15) is 35.9 Å². The number of aromatic nitrogens is 4. The highest BCUT2D eigenvalue weighted by atomic mass is 19.4. The number of hydrogen-bond donors (Lipinski definition) is 3. The van der Waals surface area contributed by atoms with Gasteiger partial charge < -0.3 is 15.4 Å². The Kier molecular flexibility index (Phi) is 7.07. The van der Waals surface area contributed by atoms with E-state index in [4.69, 9.17) is 0 Å². The molecule has 0 saturated carbocycles. The van der Waals surface area contributed by atoms with Crippen LogP contribution >= 0.6 is 0 Å². The zero-order valence-corrected chi connectivity index (χ0v) is 17.5. The Balaban J connectivity index is 1.90. The minimum absolute atomic E-state index is 0.0549. The number of nitrogens with one attached hydrogen (secondary N) is 3. The third-order valence-electron chi connectivity index (χ3n) is 4.35. The number of tetrazole rings is 1. The first kappa shape index (κ1) is 25.2. The summed E-state index contributed by atoms with van der Waals surface area (Å²) in [6, 6.07) is 3.84. The van der Waals surface area contributed by atoms with Crippen molar-refractivity contribution in [3.05, 3.63) is 59.2 Å². The van der Waals surface area contributed by atoms with Gasteiger partial charge in [0, 0.05) is 17.3 Å². The second-order valence-electron chi connectivity index (χ2n) is 6.79. The monoisotopic (exact) mass is 500 g/mol. The molecule has 0 saturated heterocycles. The Hall–Kier alpha value is -4.43. The predicted molar refractivity (Wildman–Crippen MR) is 110 cm³/mol. The van der Waals surface area contributed by atoms with Crippen molar-refractivity contribution in [2.45, 2.75) is 12.4 Å². The van der Waals surface area contributed by atoms with Gasteiger partial charge in [-0.2, -0.15) is 26.3 Å². The lowest BCUT2D eigenvalue weighted by molar-refractivity contribution is -0.143. The second kappa shape index (κ2) is 9.82. The molecule has 0 fully saturated rings. The van der Waals surface area contributed by atoms with Gasteiger partial charge in [0.05, 0.1) is 23.9 Å². The molecule has 0 atom stereocenters. The van der Waals surface area contributed by atoms with Crippen molar-refractivity contribution in [2.24, 2.45) is 0 Å². The molecule has 0 spiro atoms. The van der Waals surface area contributed by atoms with Crippen molar-refractivity contribution < 1.29 is 40.7 Å². The van der Waals surface area contributed by atoms with Crippen LogP contribution in [0.3, 0.4) is 0 Å². The molecule has 15 heteroatoms. The Morgan fingerprint density at radius 2 is 1.63 bits per heavy atom. The summed E-state index contributed by atoms with van der Waals surface area (Å²) in [6.07, 6.45) is -7.63. The van der Waals surface area contributed by atoms with Crippen LogP contribution in [-0.2, 0) is 21.9 Å². The molecule has 2 amide bonds. The first-order chi connectivity index (χ1) is 16.4. The molecule has 0 bridgehead atoms. The number of H-pyrrole nitrogens is 1. The maximum absolute atomic E-state index is 13.1. The van der Waals surface area contributed by atoms with Crippen LogP contribution in [0.2, 0.25) is 0 Å². The summed E-state index contributed by atoms with van der Waals surface area (Å²) in [6.45, 7) is 0. The van der Waals surface area contributed by atoms with Crippen molar-refractivity contribution in [1.82, 2.24) is 20.6 Å². The fourth-order valence-corrected chi connectivity index (χ4v) is 2.79. The molecule has 0 radical (unpaired) electrons. The highest BCUT2D eigenvalue weighted by Crippen LogP contribution is 2.37. The van der Waals surface area contributed by atoms with Gasteiger partial charge in [0.1, 0.15) is 0 Å². The topological polar surface area (TPSA) is 122 Å². The summed E-state index contributed by atoms with van der Waals surface area (Å²) in [5, 5.41) is 17.3. The number of carbonyl (C=O) groups is 2. The normalized spacial score (nSPS) is 12.0. The summed E-state index contributed by atoms with van der Waals surface area (Å²) < 4.78 is 82.8. The molecule has 184 valence electrons. The summed E-state index contributed by atoms with van der Waals surface area (Å²) in [4.78, 5) is 23.7. The van der Waals surface area contributed by atoms with E-state index in [0.717, 1.165) is 6.08 Å². The molecule has 0 aliphatic carbocycles. The average Bonchev–Trinajstić information content (AvgIpc) is 3.31. The van der Waals surface area contributed by atoms with E-state index in [1.165, 1.54) is 31.4 Å². The molecule has 0 aliphatic heterocycles. The van der Waals surface area contributed by atoms with Gasteiger partial charge in [-0.05, 0) is 52.4 Å². The highest BCUT2D eigenvalue weighted by Gasteiger charge is 2.37. The van der Waals surface area contributed by atoms with E-state index in [1.807, 2.05) is 5.32 Å². The maximum Gasteiger partial charge on any atom is 0.416 e. The number of ether oxygens (including phenoxy) is 1. The van der Waals surface area contributed by atoms with Gasteiger partial charge in [-0.15, -0.1) is 5.10 Å². The molecule has 2 aromatic carbocycles. The van der Waals surface area contributed by atoms with Crippen LogP contribution in [0.4, 0.5) is 42.5 Å². The number of benzene rings is 2. The van der Waals surface area contributed by atoms with Crippen LogP contribution < -0.4 is 10.6 Å². The molecular weight excluding hydrogens is 486 g/mol. The lowest BCUT2D eigenvalue weighted by atomic mass is 10.1. The standard InChI is InChI=1S/C20H14F6N6O3/c1-35-16(33)5-3-10-2-4-15(14(6-10)17-29-31-32-30-17)28-18(34)27-13-8-11(19(21,22)23)7-12(9-13)20(24,25)26/h2-9H,1H3,(H2,27,28,34)(H,29,30,31,32). The van der Waals surface area contributed by atoms with Crippen molar-refractivity contribution in [2.75, 3.05) is 17.7 Å². The first-order valence-electron chi connectivity index (χ1n) is 9.38. The average molecular weight is 500 g/mol. The Morgan fingerprint density at radius 1 is 0.971 bits per heavy atom. The van der Waals surface area contributed by atoms with Gasteiger partial charge in [-0.25, -0.2) is 14.7 Å². The van der Waals surface area contributed by atoms with Crippen molar-refractivity contribution in [3.63, 3.8) is 0 Å². The van der Waals surface area contributed by atoms with E-state index in [2.05, 4.69) is 30.7 Å². The van der Waals surface area contributed by atoms with Crippen LogP contribution in [-0.4, -0.2) is 39.7 Å². The number of nitrogens with zero attached hydrogens (tertiary/aromatic N) is 3. The number of carbonyl (C=O) groups excluding carboxylic acids is 2. The number of amides is 2. The fraction of sp³-hybridized carbons (Fsp3) is 0.150. The number of halogens is 6. The van der Waals surface area contributed by atoms with Gasteiger partial charge in [-0.3, -0.25) is 0 Å². The molecule has 1 heterocycles. The number of methoxy groups -OCH3 is 1. The van der Waals surface area contributed by atoms with Crippen molar-refractivity contribution in [3.8, 4) is 11.4 Å². The van der Waals surface area contributed by atoms with E-state index >= 15 is 0 Å². The highest BCUT2D eigenvalue weighted by molar-refractivity contribution is 6.02. The van der Waals surface area contributed by atoms with Crippen molar-refractivity contribution >= 4 is 29.5 Å². The SMILES string of the molecule is COC(=O)C=Cc1ccc(NC(=O)Nc2cc(C(F)(F)F)cc(C(F)(F)F)c2)c(-c2nnn[nH]2)c1. The van der Waals surface area contributed by atoms with E-state index in [-0.39, 0.29) is 23.1 Å². The van der Waals surface area contributed by atoms with Crippen LogP contribution in [0.5, 0.6) is 0 Å². The van der Waals surface area contributed by atoms with Gasteiger partial charge in [0.25, 0.3) is 0 Å². The first-order valence-corrected chi connectivity index (χ1v) is 9.38. The predicted octanol–water partition coefficient (Wildman–Crippen LogP) is 4.73. The van der Waals surface area contributed by atoms with Gasteiger partial charge >= 0.3 is 24.4 Å². The summed E-state index contributed by atoms with van der Waals surface area (Å²) in [7, 11) is 1.19. The molecule has 3 aromatic rings. The molecule has 9 nitrogen and oxygen atoms in total. The minimum Gasteiger partial charge on any atom is -0.466 e. The van der Waals surface area contributed by atoms with Crippen molar-refractivity contribution in [1.29, 1.82) is 0 Å². The number of alkyl halides is 6. The number of anilines is 2. The number of urea groups is 1. The second-order valence-corrected chi connectivity index (χ2v) is 6.79. The number of hydrogen-bond acceptors (Lipinski definition) is 6. The molecule has 0 aliphatic rings. The zero-order chi connectivity index (χ0) is 25.8. The van der Waals surface area contributed by atoms with Crippen LogP contribution in [0, 0.1) is 0 Å². The lowest BCUT2D eigenvalue weighted by Gasteiger charge is -2.15. The van der Waals surface area contributed by atoms with E-state index < -0.39 is 41.2 Å². The largest absolute Gasteiger partial charge is 0.466 e. The number of rotatable bonds is 5. The third kappa shape index (κ3) is 6.55. The Labute approximate surface area is 192 Å². The van der Waals surface area contributed by atoms with Crippen LogP contribution in [0.25, 0.3) is 17.5 Å². The smallest absolute Gasteiger partial charge is 0.416 e. The number of esters is 1. The Morgan fingerprint density at radius 3 is 2.17 bits per heavy atom. The molecule has 0 unspecified atom stereocenters. The summed E-state index contributed by atoms with van der Waals surface area (Å²) >= 11 is 0. The van der Waals surface area contributed by atoms with E-state index in [1.54, 1.807) is 0 Å². The molecule has 1 aromatic heterocycles. The lowest BCUT2D eigenvalue weighted by Crippen LogP contribution is -2.21. The fourth-order valence-electron chi connectivity index (χ4n) is 2.79. The van der Waals surface area contributed by atoms with E-state index in [0.29, 0.717) is 17.7 Å². The molecule has 3 N–H and O–H groups in total. The zero-order valence-electron chi connectivity index (χ0n) is 17.5.